The molecule has 0 aromatic heterocycles. The maximum Gasteiger partial charge on any atom is 0.246 e. The molecule has 0 radical (unpaired) electrons. The SMILES string of the molecule is CN[C@@H](C)C(=O)N[C@H](C(=O)N1CCC[C@H]1CN(CCc1ccccc1)C(=O)[C@@H](Cc1ccccc1)NCCc1ccccc1)C(C)(C)C. The van der Waals surface area contributed by atoms with Crippen molar-refractivity contribution in [2.75, 3.05) is 33.2 Å². The Kier molecular flexibility index (Phi) is 13.8. The van der Waals surface area contributed by atoms with Gasteiger partial charge in [-0.2, -0.15) is 0 Å². The molecule has 1 aliphatic heterocycles. The number of likely N-dealkylation sites (tertiary alicyclic amines) is 1. The van der Waals surface area contributed by atoms with Crippen LogP contribution in [0.3, 0.4) is 0 Å². The molecule has 0 spiro atoms. The molecule has 0 aliphatic carbocycles. The number of amides is 3. The number of likely N-dealkylation sites (N-methyl/N-ethyl adjacent to an activating group) is 1. The first-order valence-corrected chi connectivity index (χ1v) is 17.5. The maximum absolute atomic E-state index is 14.6. The van der Waals surface area contributed by atoms with Crippen LogP contribution >= 0.6 is 0 Å². The van der Waals surface area contributed by atoms with Crippen LogP contribution in [-0.4, -0.2) is 84.9 Å². The van der Waals surface area contributed by atoms with Gasteiger partial charge in [0.1, 0.15) is 6.04 Å². The number of hydrogen-bond acceptors (Lipinski definition) is 5. The molecule has 258 valence electrons. The number of nitrogens with one attached hydrogen (secondary N) is 3. The summed E-state index contributed by atoms with van der Waals surface area (Å²) in [7, 11) is 1.73. The lowest BCUT2D eigenvalue weighted by atomic mass is 9.85. The van der Waals surface area contributed by atoms with Crippen molar-refractivity contribution in [3.63, 3.8) is 0 Å². The van der Waals surface area contributed by atoms with Crippen molar-refractivity contribution < 1.29 is 14.4 Å². The maximum atomic E-state index is 14.6. The van der Waals surface area contributed by atoms with E-state index in [0.717, 1.165) is 31.2 Å². The molecule has 0 unspecified atom stereocenters. The van der Waals surface area contributed by atoms with Gasteiger partial charge in [-0.15, -0.1) is 0 Å². The third kappa shape index (κ3) is 10.8. The minimum atomic E-state index is -0.680. The molecule has 1 fully saturated rings. The van der Waals surface area contributed by atoms with E-state index in [4.69, 9.17) is 0 Å². The van der Waals surface area contributed by atoms with Crippen molar-refractivity contribution in [3.8, 4) is 0 Å². The lowest BCUT2D eigenvalue weighted by molar-refractivity contribution is -0.142. The van der Waals surface area contributed by atoms with Crippen LogP contribution < -0.4 is 16.0 Å². The van der Waals surface area contributed by atoms with E-state index in [1.807, 2.05) is 85.2 Å². The number of benzene rings is 3. The Balaban J connectivity index is 1.57. The predicted molar refractivity (Wildman–Crippen MR) is 193 cm³/mol. The third-order valence-electron chi connectivity index (χ3n) is 9.37. The lowest BCUT2D eigenvalue weighted by Gasteiger charge is -2.38. The van der Waals surface area contributed by atoms with Gasteiger partial charge in [-0.05, 0) is 74.7 Å². The van der Waals surface area contributed by atoms with Gasteiger partial charge in [0.05, 0.1) is 12.1 Å². The van der Waals surface area contributed by atoms with Gasteiger partial charge in [-0.25, -0.2) is 0 Å². The Bertz CT molecular complexity index is 1430. The molecular weight excluding hydrogens is 598 g/mol. The highest BCUT2D eigenvalue weighted by Gasteiger charge is 2.41. The fraction of sp³-hybridized carbons (Fsp3) is 0.475. The third-order valence-corrected chi connectivity index (χ3v) is 9.37. The second-order valence-electron chi connectivity index (χ2n) is 14.1. The van der Waals surface area contributed by atoms with Crippen molar-refractivity contribution >= 4 is 17.7 Å². The zero-order valence-corrected chi connectivity index (χ0v) is 29.5. The average Bonchev–Trinajstić information content (AvgIpc) is 3.56. The summed E-state index contributed by atoms with van der Waals surface area (Å²) in [6, 6.07) is 29.1. The molecular formula is C40H55N5O3. The Labute approximate surface area is 287 Å². The fourth-order valence-corrected chi connectivity index (χ4v) is 6.34. The van der Waals surface area contributed by atoms with Gasteiger partial charge in [0.25, 0.3) is 0 Å². The summed E-state index contributed by atoms with van der Waals surface area (Å²) in [5, 5.41) is 9.60. The van der Waals surface area contributed by atoms with Crippen LogP contribution in [-0.2, 0) is 33.6 Å². The first-order valence-electron chi connectivity index (χ1n) is 17.5. The van der Waals surface area contributed by atoms with E-state index >= 15 is 0 Å². The zero-order chi connectivity index (χ0) is 34.5. The van der Waals surface area contributed by atoms with E-state index in [-0.39, 0.29) is 23.8 Å². The van der Waals surface area contributed by atoms with E-state index in [1.165, 1.54) is 11.1 Å². The summed E-state index contributed by atoms with van der Waals surface area (Å²) < 4.78 is 0. The Morgan fingerprint density at radius 1 is 0.854 bits per heavy atom. The average molecular weight is 654 g/mol. The standard InChI is InChI=1S/C40H55N5O3/c1-30(41-5)37(46)43-36(40(2,3)4)39(48)45-26-15-22-34(45)29-44(27-24-32-18-11-7-12-19-32)38(47)35(28-33-20-13-8-14-21-33)42-25-23-31-16-9-6-10-17-31/h6-14,16-21,30,34-36,41-42H,15,22-29H2,1-5H3,(H,43,46)/t30-,34-,35+,36+/m0/s1. The Morgan fingerprint density at radius 2 is 1.42 bits per heavy atom. The smallest absolute Gasteiger partial charge is 0.246 e. The highest BCUT2D eigenvalue weighted by atomic mass is 16.2. The summed E-state index contributed by atoms with van der Waals surface area (Å²) in [6.45, 7) is 10.0. The molecule has 0 bridgehead atoms. The monoisotopic (exact) mass is 653 g/mol. The summed E-state index contributed by atoms with van der Waals surface area (Å²) in [4.78, 5) is 45.6. The molecule has 3 aromatic rings. The summed E-state index contributed by atoms with van der Waals surface area (Å²) in [5.74, 6) is -0.240. The largest absolute Gasteiger partial charge is 0.342 e. The van der Waals surface area contributed by atoms with Crippen LogP contribution in [0.5, 0.6) is 0 Å². The predicted octanol–water partition coefficient (Wildman–Crippen LogP) is 4.63. The molecule has 3 aromatic carbocycles. The van der Waals surface area contributed by atoms with Crippen molar-refractivity contribution in [2.24, 2.45) is 5.41 Å². The first kappa shape index (κ1) is 36.8. The Morgan fingerprint density at radius 3 is 1.98 bits per heavy atom. The van der Waals surface area contributed by atoms with Crippen molar-refractivity contribution in [2.45, 2.75) is 84.0 Å². The van der Waals surface area contributed by atoms with Crippen LogP contribution in [0, 0.1) is 5.41 Å². The summed E-state index contributed by atoms with van der Waals surface area (Å²) >= 11 is 0. The zero-order valence-electron chi connectivity index (χ0n) is 29.5. The van der Waals surface area contributed by atoms with Gasteiger partial charge in [0.15, 0.2) is 0 Å². The molecule has 1 saturated heterocycles. The van der Waals surface area contributed by atoms with E-state index in [9.17, 15) is 14.4 Å². The molecule has 48 heavy (non-hydrogen) atoms. The molecule has 1 heterocycles. The normalized spacial score (nSPS) is 16.6. The first-order chi connectivity index (χ1) is 23.1. The van der Waals surface area contributed by atoms with Gasteiger partial charge in [-0.3, -0.25) is 14.4 Å². The van der Waals surface area contributed by atoms with Crippen LogP contribution in [0.2, 0.25) is 0 Å². The highest BCUT2D eigenvalue weighted by molar-refractivity contribution is 5.90. The number of nitrogens with zero attached hydrogens (tertiary/aromatic N) is 2. The fourth-order valence-electron chi connectivity index (χ4n) is 6.34. The number of hydrogen-bond donors (Lipinski definition) is 3. The minimum Gasteiger partial charge on any atom is -0.342 e. The quantitative estimate of drug-likeness (QED) is 0.210. The molecule has 4 atom stereocenters. The molecule has 4 rings (SSSR count). The van der Waals surface area contributed by atoms with Gasteiger partial charge >= 0.3 is 0 Å². The van der Waals surface area contributed by atoms with Gasteiger partial charge in [0, 0.05) is 25.7 Å². The molecule has 8 heteroatoms. The van der Waals surface area contributed by atoms with Crippen LogP contribution in [0.25, 0.3) is 0 Å². The molecule has 0 saturated carbocycles. The summed E-state index contributed by atoms with van der Waals surface area (Å²) in [5.41, 5.74) is 3.00. The topological polar surface area (TPSA) is 93.8 Å². The number of carbonyl (C=O) groups excluding carboxylic acids is 3. The Hall–Kier alpha value is -4.01. The van der Waals surface area contributed by atoms with Crippen LogP contribution in [0.4, 0.5) is 0 Å². The molecule has 3 N–H and O–H groups in total. The summed E-state index contributed by atoms with van der Waals surface area (Å²) in [6.07, 6.45) is 3.78. The van der Waals surface area contributed by atoms with Crippen molar-refractivity contribution in [3.05, 3.63) is 108 Å². The lowest BCUT2D eigenvalue weighted by Crippen LogP contribution is -2.59. The van der Waals surface area contributed by atoms with Crippen molar-refractivity contribution in [1.29, 1.82) is 0 Å². The van der Waals surface area contributed by atoms with Gasteiger partial charge in [-0.1, -0.05) is 112 Å². The molecule has 3 amide bonds. The van der Waals surface area contributed by atoms with Gasteiger partial charge in [0.2, 0.25) is 17.7 Å². The van der Waals surface area contributed by atoms with E-state index in [1.54, 1.807) is 14.0 Å². The van der Waals surface area contributed by atoms with E-state index in [2.05, 4.69) is 52.3 Å². The second-order valence-corrected chi connectivity index (χ2v) is 14.1. The minimum absolute atomic E-state index is 0.0469. The van der Waals surface area contributed by atoms with Gasteiger partial charge < -0.3 is 25.8 Å². The van der Waals surface area contributed by atoms with Crippen LogP contribution in [0.15, 0.2) is 91.0 Å². The van der Waals surface area contributed by atoms with E-state index < -0.39 is 23.5 Å². The van der Waals surface area contributed by atoms with E-state index in [0.29, 0.717) is 32.6 Å². The van der Waals surface area contributed by atoms with Crippen LogP contribution in [0.1, 0.15) is 57.2 Å². The molecule has 1 aliphatic rings. The highest BCUT2D eigenvalue weighted by Crippen LogP contribution is 2.27. The second kappa shape index (κ2) is 17.9. The molecule has 8 nitrogen and oxygen atoms in total. The number of rotatable bonds is 16. The number of carbonyl (C=O) groups is 3. The van der Waals surface area contributed by atoms with Crippen molar-refractivity contribution in [1.82, 2.24) is 25.8 Å².